The number of carbonyl (C=O) groups is 3. The Morgan fingerprint density at radius 1 is 0.964 bits per heavy atom. The molecule has 28 heavy (non-hydrogen) atoms. The molecule has 7 nitrogen and oxygen atoms in total. The van der Waals surface area contributed by atoms with Crippen molar-refractivity contribution in [3.05, 3.63) is 35.4 Å². The first-order valence-corrected chi connectivity index (χ1v) is 10.2. The van der Waals surface area contributed by atoms with Crippen LogP contribution in [0.1, 0.15) is 46.4 Å². The van der Waals surface area contributed by atoms with Crippen LogP contribution in [0.15, 0.2) is 24.3 Å². The quantitative estimate of drug-likeness (QED) is 0.547. The fraction of sp³-hybridized carbons (Fsp3) is 0.571. The molecule has 0 saturated carbocycles. The maximum absolute atomic E-state index is 12.4. The third-order valence-electron chi connectivity index (χ3n) is 5.87. The maximum atomic E-state index is 12.4. The van der Waals surface area contributed by atoms with Gasteiger partial charge in [-0.2, -0.15) is 0 Å². The van der Waals surface area contributed by atoms with E-state index in [1.54, 1.807) is 24.3 Å². The molecule has 0 bridgehead atoms. The molecular weight excluding hydrogens is 358 g/mol. The van der Waals surface area contributed by atoms with Crippen LogP contribution in [-0.2, 0) is 9.53 Å². The second kappa shape index (κ2) is 8.41. The Labute approximate surface area is 165 Å². The van der Waals surface area contributed by atoms with Crippen molar-refractivity contribution in [2.45, 2.75) is 31.8 Å². The van der Waals surface area contributed by atoms with Crippen LogP contribution in [0.25, 0.3) is 0 Å². The number of carbonyl (C=O) groups excluding carboxylic acids is 3. The zero-order chi connectivity index (χ0) is 19.5. The summed E-state index contributed by atoms with van der Waals surface area (Å²) in [7, 11) is 0. The summed E-state index contributed by atoms with van der Waals surface area (Å²) in [4.78, 5) is 42.7. The molecule has 7 heteroatoms. The molecule has 0 N–H and O–H groups in total. The predicted molar refractivity (Wildman–Crippen MR) is 103 cm³/mol. The van der Waals surface area contributed by atoms with Crippen molar-refractivity contribution in [3.63, 3.8) is 0 Å². The molecule has 0 radical (unpaired) electrons. The van der Waals surface area contributed by atoms with Gasteiger partial charge >= 0.3 is 0 Å². The van der Waals surface area contributed by atoms with E-state index in [0.717, 1.165) is 58.4 Å². The lowest BCUT2D eigenvalue weighted by atomic mass is 10.1. The van der Waals surface area contributed by atoms with Gasteiger partial charge in [-0.15, -0.1) is 0 Å². The molecule has 0 unspecified atom stereocenters. The van der Waals surface area contributed by atoms with E-state index in [1.165, 1.54) is 4.90 Å². The van der Waals surface area contributed by atoms with Gasteiger partial charge in [-0.25, -0.2) is 0 Å². The van der Waals surface area contributed by atoms with E-state index < -0.39 is 0 Å². The largest absolute Gasteiger partial charge is 0.368 e. The van der Waals surface area contributed by atoms with Gasteiger partial charge in [0.15, 0.2) is 0 Å². The summed E-state index contributed by atoms with van der Waals surface area (Å²) in [6.07, 6.45) is 3.31. The zero-order valence-electron chi connectivity index (χ0n) is 16.1. The molecule has 3 aliphatic heterocycles. The number of fused-ring (bicyclic) bond motifs is 1. The molecule has 1 atom stereocenters. The number of ether oxygens (including phenoxy) is 1. The van der Waals surface area contributed by atoms with Crippen LogP contribution in [0.2, 0.25) is 0 Å². The molecule has 2 fully saturated rings. The molecule has 0 aliphatic carbocycles. The lowest BCUT2D eigenvalue weighted by molar-refractivity contribution is -0.142. The third-order valence-corrected chi connectivity index (χ3v) is 5.87. The Balaban J connectivity index is 1.17. The Bertz CT molecular complexity index is 717. The minimum Gasteiger partial charge on any atom is -0.368 e. The highest BCUT2D eigenvalue weighted by Crippen LogP contribution is 2.22. The van der Waals surface area contributed by atoms with Crippen LogP contribution in [0.4, 0.5) is 0 Å². The molecule has 2 saturated heterocycles. The minimum absolute atomic E-state index is 0.141. The van der Waals surface area contributed by atoms with Crippen molar-refractivity contribution < 1.29 is 19.1 Å². The maximum Gasteiger partial charge on any atom is 0.261 e. The lowest BCUT2D eigenvalue weighted by Crippen LogP contribution is -2.51. The summed E-state index contributed by atoms with van der Waals surface area (Å²) in [6.45, 7) is 5.31. The summed E-state index contributed by atoms with van der Waals surface area (Å²) >= 11 is 0. The zero-order valence-corrected chi connectivity index (χ0v) is 16.1. The van der Waals surface area contributed by atoms with Crippen LogP contribution in [0, 0.1) is 0 Å². The molecule has 1 aromatic carbocycles. The number of unbranched alkanes of at least 4 members (excludes halogenated alkanes) is 1. The van der Waals surface area contributed by atoms with Gasteiger partial charge in [0.1, 0.15) is 6.10 Å². The highest BCUT2D eigenvalue weighted by atomic mass is 16.5. The van der Waals surface area contributed by atoms with Gasteiger partial charge in [0.2, 0.25) is 0 Å². The van der Waals surface area contributed by atoms with Crippen molar-refractivity contribution >= 4 is 17.7 Å². The van der Waals surface area contributed by atoms with Gasteiger partial charge in [0, 0.05) is 39.3 Å². The van der Waals surface area contributed by atoms with Crippen LogP contribution >= 0.6 is 0 Å². The van der Waals surface area contributed by atoms with Crippen molar-refractivity contribution in [2.75, 3.05) is 45.9 Å². The van der Waals surface area contributed by atoms with Crippen molar-refractivity contribution in [1.82, 2.24) is 14.7 Å². The molecule has 4 rings (SSSR count). The van der Waals surface area contributed by atoms with E-state index in [-0.39, 0.29) is 23.8 Å². The van der Waals surface area contributed by atoms with Gasteiger partial charge in [-0.3, -0.25) is 24.2 Å². The fourth-order valence-electron chi connectivity index (χ4n) is 4.22. The van der Waals surface area contributed by atoms with E-state index in [9.17, 15) is 14.4 Å². The van der Waals surface area contributed by atoms with Crippen LogP contribution in [-0.4, -0.2) is 84.4 Å². The lowest BCUT2D eigenvalue weighted by Gasteiger charge is -2.35. The average molecular weight is 385 g/mol. The standard InChI is InChI=1S/C21H27N3O4/c25-19-16-6-1-2-7-17(16)20(26)24(19)10-4-3-9-22-11-13-23(14-12-22)21(27)18-8-5-15-28-18/h1-2,6-7,18H,3-5,8-15H2/t18-/m1/s1. The Morgan fingerprint density at radius 3 is 2.21 bits per heavy atom. The smallest absolute Gasteiger partial charge is 0.261 e. The highest BCUT2D eigenvalue weighted by Gasteiger charge is 2.34. The van der Waals surface area contributed by atoms with E-state index in [1.807, 2.05) is 4.90 Å². The summed E-state index contributed by atoms with van der Waals surface area (Å²) < 4.78 is 5.50. The number of hydrogen-bond acceptors (Lipinski definition) is 5. The normalized spacial score (nSPS) is 22.8. The Kier molecular flexibility index (Phi) is 5.73. The molecule has 150 valence electrons. The molecule has 0 aromatic heterocycles. The van der Waals surface area contributed by atoms with E-state index in [2.05, 4.69) is 4.90 Å². The molecule has 3 heterocycles. The highest BCUT2D eigenvalue weighted by molar-refractivity contribution is 6.21. The topological polar surface area (TPSA) is 70.2 Å². The number of amides is 3. The monoisotopic (exact) mass is 385 g/mol. The average Bonchev–Trinajstić information content (AvgIpc) is 3.35. The number of piperazine rings is 1. The Hall–Kier alpha value is -2.25. The summed E-state index contributed by atoms with van der Waals surface area (Å²) in [5, 5.41) is 0. The number of rotatable bonds is 6. The summed E-state index contributed by atoms with van der Waals surface area (Å²) in [6, 6.07) is 7.01. The molecule has 3 amide bonds. The first-order valence-electron chi connectivity index (χ1n) is 10.2. The van der Waals surface area contributed by atoms with Crippen molar-refractivity contribution in [1.29, 1.82) is 0 Å². The Morgan fingerprint density at radius 2 is 1.61 bits per heavy atom. The summed E-state index contributed by atoms with van der Waals surface area (Å²) in [5.41, 5.74) is 1.03. The predicted octanol–water partition coefficient (Wildman–Crippen LogP) is 1.39. The molecule has 3 aliphatic rings. The minimum atomic E-state index is -0.230. The molecule has 0 spiro atoms. The van der Waals surface area contributed by atoms with E-state index in [4.69, 9.17) is 4.74 Å². The first-order chi connectivity index (χ1) is 13.6. The van der Waals surface area contributed by atoms with Crippen molar-refractivity contribution in [2.24, 2.45) is 0 Å². The number of nitrogens with zero attached hydrogens (tertiary/aromatic N) is 3. The number of benzene rings is 1. The second-order valence-electron chi connectivity index (χ2n) is 7.68. The van der Waals surface area contributed by atoms with Crippen LogP contribution in [0.3, 0.4) is 0 Å². The van der Waals surface area contributed by atoms with Gasteiger partial charge < -0.3 is 9.64 Å². The van der Waals surface area contributed by atoms with Gasteiger partial charge in [-0.05, 0) is 44.4 Å². The third kappa shape index (κ3) is 3.82. The van der Waals surface area contributed by atoms with Gasteiger partial charge in [0.05, 0.1) is 11.1 Å². The summed E-state index contributed by atoms with van der Waals surface area (Å²) in [5.74, 6) is -0.216. The molecule has 1 aromatic rings. The molecular formula is C21H27N3O4. The number of hydrogen-bond donors (Lipinski definition) is 0. The van der Waals surface area contributed by atoms with Crippen molar-refractivity contribution in [3.8, 4) is 0 Å². The number of imide groups is 1. The van der Waals surface area contributed by atoms with E-state index >= 15 is 0 Å². The van der Waals surface area contributed by atoms with Crippen LogP contribution < -0.4 is 0 Å². The van der Waals surface area contributed by atoms with Gasteiger partial charge in [0.25, 0.3) is 17.7 Å². The van der Waals surface area contributed by atoms with Gasteiger partial charge in [-0.1, -0.05) is 12.1 Å². The SMILES string of the molecule is O=C([C@H]1CCCO1)N1CCN(CCCCN2C(=O)c3ccccc3C2=O)CC1. The van der Waals surface area contributed by atoms with E-state index in [0.29, 0.717) is 24.3 Å². The second-order valence-corrected chi connectivity index (χ2v) is 7.68. The first kappa shape index (κ1) is 19.1. The fourth-order valence-corrected chi connectivity index (χ4v) is 4.22. The van der Waals surface area contributed by atoms with Crippen LogP contribution in [0.5, 0.6) is 0 Å².